The van der Waals surface area contributed by atoms with Crippen LogP contribution in [0.1, 0.15) is 37.4 Å². The zero-order valence-electron chi connectivity index (χ0n) is 21.3. The largest absolute Gasteiger partial charge is 0.463 e. The van der Waals surface area contributed by atoms with Gasteiger partial charge in [0.25, 0.3) is 5.91 Å². The molecular weight excluding hydrogens is 522 g/mol. The van der Waals surface area contributed by atoms with E-state index in [-0.39, 0.29) is 16.8 Å². The lowest BCUT2D eigenvalue weighted by Gasteiger charge is -2.14. The first kappa shape index (κ1) is 25.1. The molecule has 6 aromatic rings. The summed E-state index contributed by atoms with van der Waals surface area (Å²) in [5.74, 6) is -0.602. The number of thiazole rings is 1. The summed E-state index contributed by atoms with van der Waals surface area (Å²) in [6.45, 7) is 1.98. The van der Waals surface area contributed by atoms with E-state index in [9.17, 15) is 14.4 Å². The van der Waals surface area contributed by atoms with Gasteiger partial charge in [-0.1, -0.05) is 72.0 Å². The highest BCUT2D eigenvalue weighted by Gasteiger charge is 2.22. The second-order valence-electron chi connectivity index (χ2n) is 9.12. The molecular formula is C32H21N3O4S. The number of ketones is 1. The van der Waals surface area contributed by atoms with Gasteiger partial charge in [-0.3, -0.25) is 14.4 Å². The summed E-state index contributed by atoms with van der Waals surface area (Å²) in [6.07, 6.45) is 2.63. The Morgan fingerprint density at radius 3 is 2.38 bits per heavy atom. The van der Waals surface area contributed by atoms with Crippen LogP contribution in [0.4, 0.5) is 5.13 Å². The number of carbonyl (C=O) groups is 2. The predicted molar refractivity (Wildman–Crippen MR) is 158 cm³/mol. The highest BCUT2D eigenvalue weighted by atomic mass is 32.1. The molecule has 0 N–H and O–H groups in total. The Balaban J connectivity index is 1.38. The smallest absolute Gasteiger partial charge is 0.280 e. The number of carbonyl (C=O) groups excluding carboxylic acids is 2. The fourth-order valence-corrected chi connectivity index (χ4v) is 5.26. The first-order valence-corrected chi connectivity index (χ1v) is 13.3. The maximum Gasteiger partial charge on any atom is 0.280 e. The van der Waals surface area contributed by atoms with Crippen LogP contribution in [0.5, 0.6) is 0 Å². The van der Waals surface area contributed by atoms with Crippen molar-refractivity contribution in [2.24, 2.45) is 5.10 Å². The summed E-state index contributed by atoms with van der Waals surface area (Å²) in [7, 11) is 0. The van der Waals surface area contributed by atoms with Gasteiger partial charge in [0.1, 0.15) is 11.8 Å². The molecule has 0 fully saturated rings. The van der Waals surface area contributed by atoms with E-state index in [1.54, 1.807) is 72.8 Å². The van der Waals surface area contributed by atoms with Gasteiger partial charge in [-0.2, -0.15) is 10.1 Å². The molecule has 0 aliphatic carbocycles. The van der Waals surface area contributed by atoms with Crippen molar-refractivity contribution in [3.63, 3.8) is 0 Å². The number of para-hydroxylation sites is 1. The van der Waals surface area contributed by atoms with E-state index in [1.165, 1.54) is 28.8 Å². The Morgan fingerprint density at radius 1 is 0.875 bits per heavy atom. The number of fused-ring (bicyclic) bond motifs is 2. The van der Waals surface area contributed by atoms with E-state index < -0.39 is 5.91 Å². The summed E-state index contributed by atoms with van der Waals surface area (Å²) in [5, 5.41) is 6.34. The van der Waals surface area contributed by atoms with Crippen LogP contribution in [0, 0.1) is 6.92 Å². The Labute approximate surface area is 232 Å². The van der Waals surface area contributed by atoms with Crippen molar-refractivity contribution >= 4 is 55.6 Å². The third-order valence-corrected chi connectivity index (χ3v) is 7.35. The van der Waals surface area contributed by atoms with Gasteiger partial charge in [-0.25, -0.2) is 4.98 Å². The Hall–Kier alpha value is -5.21. The summed E-state index contributed by atoms with van der Waals surface area (Å²) in [4.78, 5) is 44.2. The molecule has 0 atom stereocenters. The molecule has 194 valence electrons. The van der Waals surface area contributed by atoms with Crippen molar-refractivity contribution < 1.29 is 14.0 Å². The molecule has 7 nitrogen and oxygen atoms in total. The van der Waals surface area contributed by atoms with Crippen LogP contribution < -0.4 is 10.4 Å². The third-order valence-electron chi connectivity index (χ3n) is 6.36. The monoisotopic (exact) mass is 543 g/mol. The van der Waals surface area contributed by atoms with Gasteiger partial charge in [0.05, 0.1) is 27.4 Å². The predicted octanol–water partition coefficient (Wildman–Crippen LogP) is 6.62. The lowest BCUT2D eigenvalue weighted by Crippen LogP contribution is -2.26. The van der Waals surface area contributed by atoms with E-state index >= 15 is 0 Å². The van der Waals surface area contributed by atoms with Crippen molar-refractivity contribution in [3.8, 4) is 0 Å². The third kappa shape index (κ3) is 4.83. The van der Waals surface area contributed by atoms with E-state index in [0.29, 0.717) is 32.8 Å². The maximum absolute atomic E-state index is 13.8. The Morgan fingerprint density at radius 2 is 1.57 bits per heavy atom. The number of hydrazone groups is 1. The molecule has 40 heavy (non-hydrogen) atoms. The first-order chi connectivity index (χ1) is 19.5. The molecule has 0 spiro atoms. The lowest BCUT2D eigenvalue weighted by molar-refractivity contribution is 0.0985. The Kier molecular flexibility index (Phi) is 6.59. The molecule has 8 heteroatoms. The normalized spacial score (nSPS) is 11.3. The van der Waals surface area contributed by atoms with Crippen molar-refractivity contribution in [2.75, 3.05) is 5.01 Å². The molecule has 4 aromatic carbocycles. The highest BCUT2D eigenvalue weighted by molar-refractivity contribution is 7.22. The second-order valence-corrected chi connectivity index (χ2v) is 10.1. The van der Waals surface area contributed by atoms with Gasteiger partial charge >= 0.3 is 0 Å². The minimum Gasteiger partial charge on any atom is -0.463 e. The van der Waals surface area contributed by atoms with E-state index in [0.717, 1.165) is 15.8 Å². The van der Waals surface area contributed by atoms with Crippen LogP contribution in [-0.4, -0.2) is 22.9 Å². The summed E-state index contributed by atoms with van der Waals surface area (Å²) < 4.78 is 6.50. The van der Waals surface area contributed by atoms with Crippen molar-refractivity contribution in [1.82, 2.24) is 4.98 Å². The summed E-state index contributed by atoms with van der Waals surface area (Å²) in [5.41, 5.74) is 3.52. The zero-order chi connectivity index (χ0) is 27.6. The van der Waals surface area contributed by atoms with Crippen LogP contribution in [-0.2, 0) is 0 Å². The minimum absolute atomic E-state index is 0.140. The fourth-order valence-electron chi connectivity index (χ4n) is 4.24. The number of hydrogen-bond acceptors (Lipinski definition) is 7. The molecule has 0 saturated carbocycles. The van der Waals surface area contributed by atoms with Gasteiger partial charge in [-0.05, 0) is 48.9 Å². The fraction of sp³-hybridized carbons (Fsp3) is 0.0312. The molecule has 0 aliphatic heterocycles. The van der Waals surface area contributed by atoms with Gasteiger partial charge in [0.2, 0.25) is 10.6 Å². The quantitative estimate of drug-likeness (QED) is 0.134. The SMILES string of the molecule is Cc1ccc2nc(N(/N=C/c3coc4ccccc4c3=O)C(=O)c3ccc(C(=O)c4ccccc4)cc3)sc2c1. The van der Waals surface area contributed by atoms with Crippen LogP contribution in [0.15, 0.2) is 118 Å². The van der Waals surface area contributed by atoms with Crippen molar-refractivity contribution in [1.29, 1.82) is 0 Å². The molecule has 2 heterocycles. The average Bonchev–Trinajstić information content (AvgIpc) is 3.41. The van der Waals surface area contributed by atoms with Crippen LogP contribution in [0.2, 0.25) is 0 Å². The summed E-state index contributed by atoms with van der Waals surface area (Å²) >= 11 is 1.31. The number of benzene rings is 4. The Bertz CT molecular complexity index is 1980. The molecule has 0 aliphatic rings. The lowest BCUT2D eigenvalue weighted by atomic mass is 10.0. The average molecular weight is 544 g/mol. The number of nitrogens with zero attached hydrogens (tertiary/aromatic N) is 3. The van der Waals surface area contributed by atoms with E-state index in [2.05, 4.69) is 10.1 Å². The second kappa shape index (κ2) is 10.5. The zero-order valence-corrected chi connectivity index (χ0v) is 22.1. The number of rotatable bonds is 6. The first-order valence-electron chi connectivity index (χ1n) is 12.4. The van der Waals surface area contributed by atoms with Gasteiger partial charge in [0.15, 0.2) is 5.78 Å². The number of amides is 1. The molecule has 0 saturated heterocycles. The molecule has 0 radical (unpaired) electrons. The van der Waals surface area contributed by atoms with E-state index in [4.69, 9.17) is 4.42 Å². The maximum atomic E-state index is 13.8. The highest BCUT2D eigenvalue weighted by Crippen LogP contribution is 2.31. The molecule has 0 bridgehead atoms. The molecule has 1 amide bonds. The number of aryl methyl sites for hydroxylation is 1. The minimum atomic E-state index is -0.462. The van der Waals surface area contributed by atoms with Gasteiger partial charge < -0.3 is 4.42 Å². The standard InChI is InChI=1S/C32H21N3O4S/c1-20-11-16-26-28(17-20)40-32(34-26)35(33-18-24-19-39-27-10-6-5-9-25(27)30(24)37)31(38)23-14-12-22(13-15-23)29(36)21-7-3-2-4-8-21/h2-19H,1H3/b33-18+. The van der Waals surface area contributed by atoms with E-state index in [1.807, 2.05) is 31.2 Å². The summed E-state index contributed by atoms with van der Waals surface area (Å²) in [6, 6.07) is 28.1. The van der Waals surface area contributed by atoms with Crippen molar-refractivity contribution in [2.45, 2.75) is 6.92 Å². The van der Waals surface area contributed by atoms with Crippen molar-refractivity contribution in [3.05, 3.63) is 141 Å². The van der Waals surface area contributed by atoms with Gasteiger partial charge in [0, 0.05) is 16.7 Å². The molecule has 2 aromatic heterocycles. The topological polar surface area (TPSA) is 92.8 Å². The molecule has 6 rings (SSSR count). The molecule has 0 unspecified atom stereocenters. The van der Waals surface area contributed by atoms with Crippen LogP contribution in [0.25, 0.3) is 21.2 Å². The van der Waals surface area contributed by atoms with Gasteiger partial charge in [-0.15, -0.1) is 0 Å². The number of anilines is 1. The number of hydrogen-bond donors (Lipinski definition) is 0. The van der Waals surface area contributed by atoms with Crippen LogP contribution >= 0.6 is 11.3 Å². The number of aromatic nitrogens is 1. The van der Waals surface area contributed by atoms with Crippen LogP contribution in [0.3, 0.4) is 0 Å².